The van der Waals surface area contributed by atoms with Crippen LogP contribution in [0.2, 0.25) is 0 Å². The van der Waals surface area contributed by atoms with Gasteiger partial charge < -0.3 is 5.32 Å². The molecule has 4 heteroatoms. The van der Waals surface area contributed by atoms with Gasteiger partial charge in [0.25, 0.3) is 0 Å². The van der Waals surface area contributed by atoms with Gasteiger partial charge in [0.05, 0.1) is 6.54 Å². The Hall–Kier alpha value is -1.28. The molecule has 2 aliphatic rings. The van der Waals surface area contributed by atoms with Crippen LogP contribution < -0.4 is 5.32 Å². The van der Waals surface area contributed by atoms with Crippen LogP contribution >= 0.6 is 0 Å². The summed E-state index contributed by atoms with van der Waals surface area (Å²) in [4.78, 5) is 3.87. The van der Waals surface area contributed by atoms with Crippen molar-refractivity contribution in [1.29, 1.82) is 0 Å². The highest BCUT2D eigenvalue weighted by Gasteiger charge is 2.13. The molecule has 0 fully saturated rings. The number of hydrazone groups is 1. The minimum atomic E-state index is 0.862. The van der Waals surface area contributed by atoms with E-state index in [2.05, 4.69) is 21.4 Å². The van der Waals surface area contributed by atoms with Gasteiger partial charge in [0, 0.05) is 12.7 Å². The number of nitrogens with zero attached hydrogens (tertiary/aromatic N) is 3. The van der Waals surface area contributed by atoms with E-state index in [4.69, 9.17) is 0 Å². The van der Waals surface area contributed by atoms with E-state index in [1.807, 2.05) is 11.2 Å². The van der Waals surface area contributed by atoms with Crippen molar-refractivity contribution in [2.24, 2.45) is 10.1 Å². The second-order valence-corrected chi connectivity index (χ2v) is 1.89. The van der Waals surface area contributed by atoms with Crippen molar-refractivity contribution in [1.82, 2.24) is 10.3 Å². The van der Waals surface area contributed by atoms with Crippen molar-refractivity contribution in [2.45, 2.75) is 0 Å². The summed E-state index contributed by atoms with van der Waals surface area (Å²) in [6.45, 7) is 1.83. The second-order valence-electron chi connectivity index (χ2n) is 1.89. The van der Waals surface area contributed by atoms with Crippen LogP contribution in [-0.2, 0) is 0 Å². The van der Waals surface area contributed by atoms with Crippen LogP contribution in [0.5, 0.6) is 0 Å². The number of aliphatic imine (C=N–C) groups is 1. The molecule has 0 atom stereocenters. The van der Waals surface area contributed by atoms with Crippen LogP contribution in [0.25, 0.3) is 0 Å². The van der Waals surface area contributed by atoms with E-state index < -0.39 is 0 Å². The number of rotatable bonds is 0. The molecule has 0 aromatic rings. The van der Waals surface area contributed by atoms with Crippen LogP contribution in [0.4, 0.5) is 0 Å². The molecule has 2 aliphatic heterocycles. The molecule has 1 N–H and O–H groups in total. The Labute approximate surface area is 52.6 Å². The topological polar surface area (TPSA) is 40.0 Å². The van der Waals surface area contributed by atoms with Crippen molar-refractivity contribution >= 4 is 6.01 Å². The fourth-order valence-corrected chi connectivity index (χ4v) is 0.842. The van der Waals surface area contributed by atoms with E-state index in [0.29, 0.717) is 0 Å². The fourth-order valence-electron chi connectivity index (χ4n) is 0.842. The first-order valence-electron chi connectivity index (χ1n) is 2.84. The Morgan fingerprint density at radius 2 is 2.78 bits per heavy atom. The van der Waals surface area contributed by atoms with Gasteiger partial charge in [-0.05, 0) is 0 Å². The molecule has 0 bridgehead atoms. The van der Waals surface area contributed by atoms with Gasteiger partial charge in [-0.15, -0.1) is 5.10 Å². The van der Waals surface area contributed by atoms with Crippen molar-refractivity contribution in [3.63, 3.8) is 0 Å². The second kappa shape index (κ2) is 1.60. The van der Waals surface area contributed by atoms with Crippen molar-refractivity contribution < 1.29 is 0 Å². The summed E-state index contributed by atoms with van der Waals surface area (Å²) in [5.41, 5.74) is 0. The third-order valence-electron chi connectivity index (χ3n) is 1.29. The first-order valence-corrected chi connectivity index (χ1v) is 2.84. The van der Waals surface area contributed by atoms with E-state index in [1.165, 1.54) is 0 Å². The maximum atomic E-state index is 3.87. The SMILES string of the molecule is C1=NC2=CNCCN2N=1. The third-order valence-corrected chi connectivity index (χ3v) is 1.29. The maximum Gasteiger partial charge on any atom is 0.176 e. The Balaban J connectivity index is 2.30. The highest BCUT2D eigenvalue weighted by molar-refractivity contribution is 5.46. The number of nitrogens with one attached hydrogen (secondary N) is 1. The molecule has 0 amide bonds. The van der Waals surface area contributed by atoms with Gasteiger partial charge in [-0.2, -0.15) is 4.99 Å². The molecular weight excluding hydrogens is 116 g/mol. The van der Waals surface area contributed by atoms with Crippen LogP contribution in [0.1, 0.15) is 0 Å². The first kappa shape index (κ1) is 4.58. The lowest BCUT2D eigenvalue weighted by molar-refractivity contribution is 0.355. The lowest BCUT2D eigenvalue weighted by Gasteiger charge is -2.18. The Morgan fingerprint density at radius 1 is 1.78 bits per heavy atom. The zero-order chi connectivity index (χ0) is 6.10. The molecule has 0 saturated heterocycles. The molecule has 46 valence electrons. The normalized spacial score (nSPS) is 21.3. The van der Waals surface area contributed by atoms with Crippen molar-refractivity contribution in [3.8, 4) is 0 Å². The van der Waals surface area contributed by atoms with Gasteiger partial charge in [0.1, 0.15) is 6.01 Å². The summed E-state index contributed by atoms with van der Waals surface area (Å²) in [5, 5.41) is 8.74. The van der Waals surface area contributed by atoms with Gasteiger partial charge in [0.15, 0.2) is 5.82 Å². The van der Waals surface area contributed by atoms with E-state index in [0.717, 1.165) is 18.9 Å². The monoisotopic (exact) mass is 122 g/mol. The van der Waals surface area contributed by atoms with Crippen LogP contribution in [0.15, 0.2) is 22.1 Å². The standard InChI is InChI=1S/C5H6N4/c1-2-9-5(3-6-1)7-4-8-9/h3,6H,1-2H2. The molecule has 0 aromatic heterocycles. The summed E-state index contributed by atoms with van der Waals surface area (Å²) in [6.07, 6.45) is 1.84. The fraction of sp³-hybridized carbons (Fsp3) is 0.400. The highest BCUT2D eigenvalue weighted by Crippen LogP contribution is 2.10. The Kier molecular flexibility index (Phi) is 0.815. The summed E-state index contributed by atoms with van der Waals surface area (Å²) in [7, 11) is 0. The quantitative estimate of drug-likeness (QED) is 0.483. The summed E-state index contributed by atoms with van der Waals surface area (Å²) in [6, 6.07) is 2.53. The lowest BCUT2D eigenvalue weighted by Crippen LogP contribution is -2.29. The van der Waals surface area contributed by atoms with Gasteiger partial charge in [-0.3, -0.25) is 0 Å². The predicted molar refractivity (Wildman–Crippen MR) is 32.7 cm³/mol. The van der Waals surface area contributed by atoms with E-state index in [1.54, 1.807) is 0 Å². The van der Waals surface area contributed by atoms with Gasteiger partial charge in [0.2, 0.25) is 0 Å². The average Bonchev–Trinajstić information content (AvgIpc) is 2.33. The van der Waals surface area contributed by atoms with Gasteiger partial charge in [-0.25, -0.2) is 5.01 Å². The zero-order valence-electron chi connectivity index (χ0n) is 4.83. The first-order chi connectivity index (χ1) is 4.47. The molecule has 2 heterocycles. The van der Waals surface area contributed by atoms with Crippen molar-refractivity contribution in [3.05, 3.63) is 12.0 Å². The molecule has 0 aliphatic carbocycles. The summed E-state index contributed by atoms with van der Waals surface area (Å²) < 4.78 is 0. The van der Waals surface area contributed by atoms with Crippen LogP contribution in [0, 0.1) is 0 Å². The lowest BCUT2D eigenvalue weighted by atomic mass is 10.5. The van der Waals surface area contributed by atoms with Crippen molar-refractivity contribution in [2.75, 3.05) is 13.1 Å². The predicted octanol–water partition coefficient (Wildman–Crippen LogP) is -0.207. The van der Waals surface area contributed by atoms with Crippen LogP contribution in [-0.4, -0.2) is 24.1 Å². The molecule has 9 heavy (non-hydrogen) atoms. The minimum absolute atomic E-state index is 0.862. The Bertz CT molecular complexity index is 211. The zero-order valence-corrected chi connectivity index (χ0v) is 4.83. The van der Waals surface area contributed by atoms with E-state index >= 15 is 0 Å². The number of hydrogen-bond acceptors (Lipinski definition) is 4. The molecule has 0 radical (unpaired) electrons. The molecule has 0 spiro atoms. The largest absolute Gasteiger partial charge is 0.386 e. The van der Waals surface area contributed by atoms with Crippen LogP contribution in [0.3, 0.4) is 0 Å². The van der Waals surface area contributed by atoms with Gasteiger partial charge >= 0.3 is 0 Å². The van der Waals surface area contributed by atoms with E-state index in [-0.39, 0.29) is 0 Å². The molecule has 4 nitrogen and oxygen atoms in total. The summed E-state index contributed by atoms with van der Waals surface area (Å²) >= 11 is 0. The van der Waals surface area contributed by atoms with E-state index in [9.17, 15) is 0 Å². The molecule has 0 aromatic carbocycles. The molecule has 0 saturated carbocycles. The summed E-state index contributed by atoms with van der Waals surface area (Å²) in [5.74, 6) is 0.862. The Morgan fingerprint density at radius 3 is 3.67 bits per heavy atom. The number of fused-ring (bicyclic) bond motifs is 1. The average molecular weight is 122 g/mol. The smallest absolute Gasteiger partial charge is 0.176 e. The minimum Gasteiger partial charge on any atom is -0.386 e. The molecular formula is C5H6N4. The maximum absolute atomic E-state index is 3.87. The molecule has 2 rings (SSSR count). The van der Waals surface area contributed by atoms with Gasteiger partial charge in [-0.1, -0.05) is 0 Å². The highest BCUT2D eigenvalue weighted by atomic mass is 15.5. The molecule has 0 unspecified atom stereocenters. The third kappa shape index (κ3) is 0.606. The number of hydrogen-bond donors (Lipinski definition) is 1.